The van der Waals surface area contributed by atoms with E-state index < -0.39 is 11.4 Å². The quantitative estimate of drug-likeness (QED) is 0.757. The van der Waals surface area contributed by atoms with Crippen molar-refractivity contribution in [2.75, 3.05) is 0 Å². The summed E-state index contributed by atoms with van der Waals surface area (Å²) in [6.07, 6.45) is 1.42. The highest BCUT2D eigenvalue weighted by atomic mass is 16.4. The van der Waals surface area contributed by atoms with Crippen LogP contribution in [0.5, 0.6) is 0 Å². The van der Waals surface area contributed by atoms with Crippen molar-refractivity contribution < 1.29 is 9.90 Å². The first-order valence-corrected chi connectivity index (χ1v) is 5.69. The molecule has 0 unspecified atom stereocenters. The van der Waals surface area contributed by atoms with E-state index in [1.54, 1.807) is 0 Å². The van der Waals surface area contributed by atoms with Gasteiger partial charge in [0.25, 0.3) is 0 Å². The zero-order valence-corrected chi connectivity index (χ0v) is 10.0. The lowest BCUT2D eigenvalue weighted by Gasteiger charge is -2.21. The average Bonchev–Trinajstić information content (AvgIpc) is 2.97. The molecule has 16 heavy (non-hydrogen) atoms. The Hall–Kier alpha value is -1.31. The third-order valence-corrected chi connectivity index (χ3v) is 3.44. The summed E-state index contributed by atoms with van der Waals surface area (Å²) in [5, 5.41) is 11.1. The van der Waals surface area contributed by atoms with Gasteiger partial charge in [-0.05, 0) is 29.4 Å². The Morgan fingerprint density at radius 2 is 1.69 bits per heavy atom. The summed E-state index contributed by atoms with van der Waals surface area (Å²) in [5.41, 5.74) is 1.54. The van der Waals surface area contributed by atoms with E-state index in [0.717, 1.165) is 5.56 Å². The van der Waals surface area contributed by atoms with E-state index in [1.807, 2.05) is 24.3 Å². The highest BCUT2D eigenvalue weighted by Crippen LogP contribution is 2.47. The first-order chi connectivity index (χ1) is 7.36. The van der Waals surface area contributed by atoms with Gasteiger partial charge < -0.3 is 9.90 Å². The third kappa shape index (κ3) is 1.73. The fourth-order valence-corrected chi connectivity index (χ4v) is 2.02. The molecule has 2 heteroatoms. The maximum Gasteiger partial charge on any atom is 0.0520 e. The Balaban J connectivity index is 2.31. The van der Waals surface area contributed by atoms with Gasteiger partial charge in [0.2, 0.25) is 0 Å². The first-order valence-electron chi connectivity index (χ1n) is 5.69. The second kappa shape index (κ2) is 3.34. The number of carboxylic acids is 1. The van der Waals surface area contributed by atoms with E-state index in [-0.39, 0.29) is 5.41 Å². The topological polar surface area (TPSA) is 40.1 Å². The fourth-order valence-electron chi connectivity index (χ4n) is 2.02. The van der Waals surface area contributed by atoms with Crippen molar-refractivity contribution in [2.45, 2.75) is 44.4 Å². The van der Waals surface area contributed by atoms with Gasteiger partial charge in [0.05, 0.1) is 5.97 Å². The molecule has 0 aromatic heterocycles. The Kier molecular flexibility index (Phi) is 2.33. The molecule has 1 aromatic rings. The molecule has 0 heterocycles. The van der Waals surface area contributed by atoms with E-state index >= 15 is 0 Å². The Morgan fingerprint density at radius 3 is 2.00 bits per heavy atom. The number of carbonyl (C=O) groups is 1. The number of rotatable bonds is 2. The zero-order valence-electron chi connectivity index (χ0n) is 10.0. The van der Waals surface area contributed by atoms with Crippen LogP contribution in [0, 0.1) is 0 Å². The van der Waals surface area contributed by atoms with Crippen LogP contribution >= 0.6 is 0 Å². The molecular formula is C14H17O2-. The molecule has 0 bridgehead atoms. The smallest absolute Gasteiger partial charge is 0.0520 e. The summed E-state index contributed by atoms with van der Waals surface area (Å²) in [6.45, 7) is 6.44. The highest BCUT2D eigenvalue weighted by Gasteiger charge is 2.45. The maximum atomic E-state index is 11.1. The van der Waals surface area contributed by atoms with Crippen LogP contribution in [0.3, 0.4) is 0 Å². The van der Waals surface area contributed by atoms with Crippen LogP contribution in [-0.4, -0.2) is 5.97 Å². The van der Waals surface area contributed by atoms with Crippen molar-refractivity contribution in [3.63, 3.8) is 0 Å². The van der Waals surface area contributed by atoms with Crippen molar-refractivity contribution in [1.82, 2.24) is 0 Å². The van der Waals surface area contributed by atoms with E-state index in [4.69, 9.17) is 0 Å². The molecule has 2 nitrogen and oxygen atoms in total. The van der Waals surface area contributed by atoms with E-state index in [9.17, 15) is 9.90 Å². The van der Waals surface area contributed by atoms with E-state index in [0.29, 0.717) is 12.8 Å². The minimum atomic E-state index is -0.934. The molecule has 1 saturated carbocycles. The number of aliphatic carboxylic acids is 1. The van der Waals surface area contributed by atoms with Crippen molar-refractivity contribution in [1.29, 1.82) is 0 Å². The molecule has 0 aliphatic heterocycles. The van der Waals surface area contributed by atoms with Gasteiger partial charge in [0.15, 0.2) is 0 Å². The summed E-state index contributed by atoms with van der Waals surface area (Å²) in [5.74, 6) is -0.934. The second-order valence-electron chi connectivity index (χ2n) is 5.70. The van der Waals surface area contributed by atoms with Crippen LogP contribution < -0.4 is 5.11 Å². The molecule has 0 spiro atoms. The van der Waals surface area contributed by atoms with Crippen LogP contribution in [0.4, 0.5) is 0 Å². The molecule has 0 atom stereocenters. The van der Waals surface area contributed by atoms with Crippen molar-refractivity contribution in [2.24, 2.45) is 0 Å². The minimum Gasteiger partial charge on any atom is -0.549 e. The Bertz CT molecular complexity index is 405. The summed E-state index contributed by atoms with van der Waals surface area (Å²) in [7, 11) is 0. The number of carboxylic acid groups (broad SMARTS) is 1. The summed E-state index contributed by atoms with van der Waals surface area (Å²) < 4.78 is 0. The van der Waals surface area contributed by atoms with Gasteiger partial charge in [-0.1, -0.05) is 45.0 Å². The monoisotopic (exact) mass is 217 g/mol. The van der Waals surface area contributed by atoms with E-state index in [1.165, 1.54) is 5.56 Å². The SMILES string of the molecule is CC(C)(C)c1ccc(C2(C(=O)[O-])CC2)cc1. The van der Waals surface area contributed by atoms with Crippen LogP contribution in [0.1, 0.15) is 44.7 Å². The maximum absolute atomic E-state index is 11.1. The normalized spacial score (nSPS) is 18.2. The predicted octanol–water partition coefficient (Wildman–Crippen LogP) is 1.77. The van der Waals surface area contributed by atoms with Crippen LogP contribution in [0.2, 0.25) is 0 Å². The van der Waals surface area contributed by atoms with Gasteiger partial charge in [-0.15, -0.1) is 0 Å². The van der Waals surface area contributed by atoms with Crippen LogP contribution in [0.25, 0.3) is 0 Å². The summed E-state index contributed by atoms with van der Waals surface area (Å²) in [6, 6.07) is 7.92. The molecule has 86 valence electrons. The molecule has 0 N–H and O–H groups in total. The highest BCUT2D eigenvalue weighted by molar-refractivity contribution is 5.83. The van der Waals surface area contributed by atoms with Gasteiger partial charge in [-0.2, -0.15) is 0 Å². The standard InChI is InChI=1S/C14H18O2/c1-13(2,3)10-4-6-11(7-5-10)14(8-9-14)12(15)16/h4-7H,8-9H2,1-3H3,(H,15,16)/p-1. The van der Waals surface area contributed by atoms with Crippen molar-refractivity contribution in [3.05, 3.63) is 35.4 Å². The molecule has 1 aliphatic rings. The molecule has 0 radical (unpaired) electrons. The van der Waals surface area contributed by atoms with Gasteiger partial charge >= 0.3 is 0 Å². The Morgan fingerprint density at radius 1 is 1.19 bits per heavy atom. The predicted molar refractivity (Wildman–Crippen MR) is 61.1 cm³/mol. The van der Waals surface area contributed by atoms with Crippen molar-refractivity contribution in [3.8, 4) is 0 Å². The molecule has 2 rings (SSSR count). The molecular weight excluding hydrogens is 200 g/mol. The summed E-state index contributed by atoms with van der Waals surface area (Å²) in [4.78, 5) is 11.1. The number of carbonyl (C=O) groups excluding carboxylic acids is 1. The van der Waals surface area contributed by atoms with Crippen molar-refractivity contribution >= 4 is 5.97 Å². The van der Waals surface area contributed by atoms with Gasteiger partial charge in [-0.25, -0.2) is 0 Å². The van der Waals surface area contributed by atoms with Gasteiger partial charge in [0, 0.05) is 5.41 Å². The second-order valence-corrected chi connectivity index (χ2v) is 5.70. The zero-order chi connectivity index (χ0) is 12.0. The third-order valence-electron chi connectivity index (χ3n) is 3.44. The average molecular weight is 217 g/mol. The summed E-state index contributed by atoms with van der Waals surface area (Å²) >= 11 is 0. The lowest BCUT2D eigenvalue weighted by molar-refractivity contribution is -0.309. The largest absolute Gasteiger partial charge is 0.549 e. The fraction of sp³-hybridized carbons (Fsp3) is 0.500. The molecule has 0 saturated heterocycles. The van der Waals surface area contributed by atoms with Gasteiger partial charge in [0.1, 0.15) is 0 Å². The number of hydrogen-bond donors (Lipinski definition) is 0. The molecule has 1 aliphatic carbocycles. The minimum absolute atomic E-state index is 0.108. The Labute approximate surface area is 96.3 Å². The lowest BCUT2D eigenvalue weighted by Crippen LogP contribution is -2.35. The molecule has 1 fully saturated rings. The molecule has 0 amide bonds. The first kappa shape index (κ1) is 11.2. The van der Waals surface area contributed by atoms with Gasteiger partial charge in [-0.3, -0.25) is 0 Å². The van der Waals surface area contributed by atoms with Crippen LogP contribution in [-0.2, 0) is 15.6 Å². The van der Waals surface area contributed by atoms with Crippen LogP contribution in [0.15, 0.2) is 24.3 Å². The number of benzene rings is 1. The molecule has 1 aromatic carbocycles. The van der Waals surface area contributed by atoms with E-state index in [2.05, 4.69) is 20.8 Å². The number of hydrogen-bond acceptors (Lipinski definition) is 2. The lowest BCUT2D eigenvalue weighted by atomic mass is 9.85.